The Morgan fingerprint density at radius 2 is 1.63 bits per heavy atom. The third-order valence-corrected chi connectivity index (χ3v) is 12.3. The number of ether oxygens (including phenoxy) is 2. The van der Waals surface area contributed by atoms with Gasteiger partial charge in [0.2, 0.25) is 0 Å². The van der Waals surface area contributed by atoms with E-state index in [0.717, 1.165) is 22.3 Å². The highest BCUT2D eigenvalue weighted by molar-refractivity contribution is 6.74. The molecule has 0 bridgehead atoms. The van der Waals surface area contributed by atoms with Crippen LogP contribution in [0.3, 0.4) is 0 Å². The lowest BCUT2D eigenvalue weighted by atomic mass is 10.2. The maximum Gasteiger partial charge on any atom is 0.573 e. The van der Waals surface area contributed by atoms with E-state index in [9.17, 15) is 22.8 Å². The lowest BCUT2D eigenvalue weighted by molar-refractivity contribution is -0.274. The molecule has 0 amide bonds. The maximum atomic E-state index is 13.8. The number of aromatic nitrogens is 4. The van der Waals surface area contributed by atoms with Crippen molar-refractivity contribution in [3.63, 3.8) is 0 Å². The summed E-state index contributed by atoms with van der Waals surface area (Å²) >= 11 is 6.05. The van der Waals surface area contributed by atoms with Gasteiger partial charge in [-0.1, -0.05) is 50.6 Å². The molecule has 0 aliphatic heterocycles. The number of rotatable bonds is 10. The van der Waals surface area contributed by atoms with Crippen LogP contribution in [0.4, 0.5) is 13.2 Å². The molecule has 2 aromatic heterocycles. The second-order valence-electron chi connectivity index (χ2n) is 11.7. The van der Waals surface area contributed by atoms with Crippen molar-refractivity contribution in [1.82, 2.24) is 18.7 Å². The number of imidazole rings is 1. The number of alkyl halides is 3. The van der Waals surface area contributed by atoms with Crippen LogP contribution >= 0.6 is 11.6 Å². The quantitative estimate of drug-likeness (QED) is 0.142. The van der Waals surface area contributed by atoms with Crippen LogP contribution in [0.5, 0.6) is 17.5 Å². The highest BCUT2D eigenvalue weighted by Crippen LogP contribution is 2.36. The topological polar surface area (TPSA) is 89.5 Å². The molecular formula is C29H34ClF3N4O5Si. The van der Waals surface area contributed by atoms with E-state index in [2.05, 4.69) is 43.6 Å². The molecule has 0 aliphatic rings. The molecule has 43 heavy (non-hydrogen) atoms. The second kappa shape index (κ2) is 12.2. The number of halogens is 4. The van der Waals surface area contributed by atoms with Gasteiger partial charge < -0.3 is 13.9 Å². The van der Waals surface area contributed by atoms with Crippen LogP contribution in [0.1, 0.15) is 32.8 Å². The lowest BCUT2D eigenvalue weighted by Gasteiger charge is -2.36. The minimum absolute atomic E-state index is 0.0116. The molecule has 2 aromatic carbocycles. The Hall–Kier alpha value is -3.55. The largest absolute Gasteiger partial charge is 0.573 e. The molecule has 0 N–H and O–H groups in total. The van der Waals surface area contributed by atoms with Gasteiger partial charge in [0, 0.05) is 31.3 Å². The highest BCUT2D eigenvalue weighted by atomic mass is 35.5. The van der Waals surface area contributed by atoms with Gasteiger partial charge >= 0.3 is 18.1 Å². The van der Waals surface area contributed by atoms with E-state index < -0.39 is 31.7 Å². The number of hydrogen-bond donors (Lipinski definition) is 0. The van der Waals surface area contributed by atoms with Gasteiger partial charge in [0.15, 0.2) is 19.5 Å². The summed E-state index contributed by atoms with van der Waals surface area (Å²) in [5.41, 5.74) is -0.232. The first kappa shape index (κ1) is 32.4. The van der Waals surface area contributed by atoms with E-state index in [0.29, 0.717) is 18.1 Å². The van der Waals surface area contributed by atoms with E-state index in [1.165, 1.54) is 28.3 Å². The summed E-state index contributed by atoms with van der Waals surface area (Å²) in [5.74, 6) is -0.498. The Labute approximate surface area is 252 Å². The van der Waals surface area contributed by atoms with Crippen LogP contribution in [0.25, 0.3) is 11.2 Å². The first-order valence-corrected chi connectivity index (χ1v) is 16.9. The van der Waals surface area contributed by atoms with Gasteiger partial charge in [-0.05, 0) is 54.4 Å². The monoisotopic (exact) mass is 638 g/mol. The maximum absolute atomic E-state index is 13.8. The molecule has 0 unspecified atom stereocenters. The summed E-state index contributed by atoms with van der Waals surface area (Å²) in [6, 6.07) is 11.7. The van der Waals surface area contributed by atoms with Crippen molar-refractivity contribution in [3.05, 3.63) is 80.0 Å². The SMILES string of the molecule is Cn1c(=O)n(CCCO[Si](C)(C)C(C)(C)C)c(=O)c2c1nc(Oc1cccc(OC(F)(F)F)c1)n2Cc1ccc(Cl)cc1. The Morgan fingerprint density at radius 3 is 2.26 bits per heavy atom. The number of fused-ring (bicyclic) bond motifs is 1. The Bertz CT molecular complexity index is 1720. The summed E-state index contributed by atoms with van der Waals surface area (Å²) in [6.07, 6.45) is -4.45. The number of hydrogen-bond acceptors (Lipinski definition) is 6. The van der Waals surface area contributed by atoms with Gasteiger partial charge in [0.1, 0.15) is 11.5 Å². The average Bonchev–Trinajstić information content (AvgIpc) is 3.24. The molecule has 2 heterocycles. The van der Waals surface area contributed by atoms with Gasteiger partial charge in [-0.3, -0.25) is 18.5 Å². The zero-order chi connectivity index (χ0) is 31.7. The Morgan fingerprint density at radius 1 is 0.977 bits per heavy atom. The van der Waals surface area contributed by atoms with E-state index in [1.54, 1.807) is 24.3 Å². The van der Waals surface area contributed by atoms with Gasteiger partial charge in [0.25, 0.3) is 5.56 Å². The average molecular weight is 639 g/mol. The molecule has 9 nitrogen and oxygen atoms in total. The third-order valence-electron chi connectivity index (χ3n) is 7.49. The van der Waals surface area contributed by atoms with Crippen LogP contribution in [0.2, 0.25) is 23.2 Å². The van der Waals surface area contributed by atoms with Crippen molar-refractivity contribution in [3.8, 4) is 17.5 Å². The van der Waals surface area contributed by atoms with Crippen LogP contribution in [-0.2, 0) is 24.6 Å². The molecule has 14 heteroatoms. The fourth-order valence-electron chi connectivity index (χ4n) is 4.15. The molecule has 0 saturated heterocycles. The lowest BCUT2D eigenvalue weighted by Crippen LogP contribution is -2.42. The van der Waals surface area contributed by atoms with E-state index in [-0.39, 0.29) is 41.1 Å². The predicted octanol–water partition coefficient (Wildman–Crippen LogP) is 6.70. The Kier molecular flexibility index (Phi) is 9.19. The van der Waals surface area contributed by atoms with Gasteiger partial charge in [-0.2, -0.15) is 4.98 Å². The molecule has 0 radical (unpaired) electrons. The molecular weight excluding hydrogens is 605 g/mol. The first-order chi connectivity index (χ1) is 20.0. The van der Waals surface area contributed by atoms with Crippen molar-refractivity contribution in [1.29, 1.82) is 0 Å². The normalized spacial score (nSPS) is 12.6. The fourth-order valence-corrected chi connectivity index (χ4v) is 5.37. The summed E-state index contributed by atoms with van der Waals surface area (Å²) in [5, 5.41) is 0.531. The first-order valence-electron chi connectivity index (χ1n) is 13.6. The summed E-state index contributed by atoms with van der Waals surface area (Å²) in [7, 11) is -0.521. The molecule has 4 rings (SSSR count). The smallest absolute Gasteiger partial charge is 0.425 e. The fraction of sp³-hybridized carbons (Fsp3) is 0.414. The van der Waals surface area contributed by atoms with Crippen LogP contribution in [0, 0.1) is 0 Å². The zero-order valence-corrected chi connectivity index (χ0v) is 26.5. The summed E-state index contributed by atoms with van der Waals surface area (Å²) < 4.78 is 58.4. The van der Waals surface area contributed by atoms with Crippen molar-refractivity contribution in [2.45, 2.75) is 64.8 Å². The number of nitrogens with zero attached hydrogens (tertiary/aromatic N) is 4. The summed E-state index contributed by atoms with van der Waals surface area (Å²) in [6.45, 7) is 11.3. The molecule has 0 fully saturated rings. The molecule has 0 spiro atoms. The van der Waals surface area contributed by atoms with Gasteiger partial charge in [-0.15, -0.1) is 13.2 Å². The molecule has 232 valence electrons. The second-order valence-corrected chi connectivity index (χ2v) is 16.9. The summed E-state index contributed by atoms with van der Waals surface area (Å²) in [4.78, 5) is 31.5. The van der Waals surface area contributed by atoms with E-state index >= 15 is 0 Å². The number of benzene rings is 2. The standard InChI is InChI=1S/C29H34ClF3N4O5Si/c1-28(2,3)43(5,6)40-16-8-15-36-25(38)23-24(35(4)27(36)39)34-26(37(23)18-19-11-13-20(30)14-12-19)41-21-9-7-10-22(17-21)42-29(31,32)33/h7,9-14,17H,8,15-16,18H2,1-6H3. The van der Waals surface area contributed by atoms with Crippen molar-refractivity contribution < 1.29 is 27.1 Å². The van der Waals surface area contributed by atoms with Gasteiger partial charge in [-0.25, -0.2) is 4.79 Å². The van der Waals surface area contributed by atoms with Crippen molar-refractivity contribution >= 4 is 31.1 Å². The predicted molar refractivity (Wildman–Crippen MR) is 161 cm³/mol. The minimum atomic E-state index is -4.89. The highest BCUT2D eigenvalue weighted by Gasteiger charge is 2.37. The minimum Gasteiger partial charge on any atom is -0.425 e. The molecule has 0 aliphatic carbocycles. The molecule has 0 atom stereocenters. The third kappa shape index (κ3) is 7.51. The van der Waals surface area contributed by atoms with Crippen LogP contribution < -0.4 is 20.7 Å². The Balaban J connectivity index is 1.75. The molecule has 4 aromatic rings. The van der Waals surface area contributed by atoms with Crippen LogP contribution in [0.15, 0.2) is 58.1 Å². The van der Waals surface area contributed by atoms with Crippen molar-refractivity contribution in [2.24, 2.45) is 7.05 Å². The van der Waals surface area contributed by atoms with Crippen LogP contribution in [-0.4, -0.2) is 40.0 Å². The zero-order valence-electron chi connectivity index (χ0n) is 24.8. The molecule has 0 saturated carbocycles. The van der Waals surface area contributed by atoms with Crippen molar-refractivity contribution in [2.75, 3.05) is 6.61 Å². The van der Waals surface area contributed by atoms with E-state index in [1.807, 2.05) is 0 Å². The van der Waals surface area contributed by atoms with Gasteiger partial charge in [0.05, 0.1) is 6.54 Å². The number of aryl methyl sites for hydroxylation is 1. The van der Waals surface area contributed by atoms with E-state index in [4.69, 9.17) is 20.8 Å².